The number of anilines is 2. The first-order chi connectivity index (χ1) is 13.4. The van der Waals surface area contributed by atoms with Crippen LogP contribution in [0.25, 0.3) is 0 Å². The number of ether oxygens (including phenoxy) is 1. The van der Waals surface area contributed by atoms with Gasteiger partial charge in [-0.1, -0.05) is 6.07 Å². The Labute approximate surface area is 175 Å². The fourth-order valence-corrected chi connectivity index (χ4v) is 4.61. The monoisotopic (exact) mass is 480 g/mol. The first-order valence-electron chi connectivity index (χ1n) is 8.28. The third-order valence-corrected chi connectivity index (χ3v) is 6.35. The fraction of sp³-hybridized carbons (Fsp3) is 0.105. The van der Waals surface area contributed by atoms with E-state index in [9.17, 15) is 13.2 Å². The van der Waals surface area contributed by atoms with Crippen LogP contribution < -0.4 is 14.8 Å². The predicted octanol–water partition coefficient (Wildman–Crippen LogP) is 4.96. The molecule has 6 nitrogen and oxygen atoms in total. The van der Waals surface area contributed by atoms with Gasteiger partial charge in [0.25, 0.3) is 15.9 Å². The van der Waals surface area contributed by atoms with Crippen LogP contribution in [-0.2, 0) is 10.0 Å². The van der Waals surface area contributed by atoms with Crippen LogP contribution in [0.15, 0.2) is 68.7 Å². The molecule has 0 saturated carbocycles. The summed E-state index contributed by atoms with van der Waals surface area (Å²) in [7, 11) is -3.83. The molecule has 9 heteroatoms. The van der Waals surface area contributed by atoms with Crippen molar-refractivity contribution in [2.75, 3.05) is 16.6 Å². The van der Waals surface area contributed by atoms with E-state index in [1.54, 1.807) is 47.2 Å². The van der Waals surface area contributed by atoms with E-state index in [1.807, 2.05) is 6.92 Å². The second-order valence-corrected chi connectivity index (χ2v) is 8.99. The summed E-state index contributed by atoms with van der Waals surface area (Å²) in [4.78, 5) is 12.2. The van der Waals surface area contributed by atoms with Crippen LogP contribution in [0.3, 0.4) is 0 Å². The number of hydrogen-bond acceptors (Lipinski definition) is 5. The van der Waals surface area contributed by atoms with Gasteiger partial charge in [0.05, 0.1) is 27.2 Å². The van der Waals surface area contributed by atoms with Gasteiger partial charge < -0.3 is 10.1 Å². The molecule has 1 aromatic heterocycles. The highest BCUT2D eigenvalue weighted by atomic mass is 79.9. The van der Waals surface area contributed by atoms with Gasteiger partial charge in [0.15, 0.2) is 0 Å². The van der Waals surface area contributed by atoms with Crippen LogP contribution in [0.1, 0.15) is 17.3 Å². The van der Waals surface area contributed by atoms with E-state index >= 15 is 0 Å². The molecule has 3 rings (SSSR count). The van der Waals surface area contributed by atoms with Gasteiger partial charge in [-0.05, 0) is 70.7 Å². The molecule has 0 spiro atoms. The summed E-state index contributed by atoms with van der Waals surface area (Å²) in [6.07, 6.45) is 0. The Morgan fingerprint density at radius 3 is 2.64 bits per heavy atom. The molecule has 0 fully saturated rings. The molecule has 0 bridgehead atoms. The number of rotatable bonds is 7. The van der Waals surface area contributed by atoms with Gasteiger partial charge in [0.1, 0.15) is 5.75 Å². The molecule has 0 aliphatic carbocycles. The first-order valence-corrected chi connectivity index (χ1v) is 11.5. The maximum atomic E-state index is 12.7. The zero-order chi connectivity index (χ0) is 20.1. The van der Waals surface area contributed by atoms with Gasteiger partial charge in [0, 0.05) is 11.1 Å². The summed E-state index contributed by atoms with van der Waals surface area (Å²) < 4.78 is 34.0. The topological polar surface area (TPSA) is 84.5 Å². The van der Waals surface area contributed by atoms with Gasteiger partial charge in [-0.3, -0.25) is 9.52 Å². The summed E-state index contributed by atoms with van der Waals surface area (Å²) >= 11 is 4.78. The number of carbonyl (C=O) groups excluding carboxylic acids is 1. The summed E-state index contributed by atoms with van der Waals surface area (Å²) in [6.45, 7) is 2.38. The Balaban J connectivity index is 1.78. The van der Waals surface area contributed by atoms with E-state index in [4.69, 9.17) is 4.74 Å². The van der Waals surface area contributed by atoms with Crippen molar-refractivity contribution in [1.82, 2.24) is 0 Å². The number of halogens is 1. The predicted molar refractivity (Wildman–Crippen MR) is 115 cm³/mol. The first kappa shape index (κ1) is 20.4. The Morgan fingerprint density at radius 2 is 1.96 bits per heavy atom. The maximum Gasteiger partial charge on any atom is 0.261 e. The molecule has 0 saturated heterocycles. The van der Waals surface area contributed by atoms with Crippen molar-refractivity contribution in [3.63, 3.8) is 0 Å². The van der Waals surface area contributed by atoms with E-state index in [-0.39, 0.29) is 10.8 Å². The molecule has 0 radical (unpaired) electrons. The summed E-state index contributed by atoms with van der Waals surface area (Å²) in [5.74, 6) is 0.336. The molecular formula is C19H17BrN2O4S2. The van der Waals surface area contributed by atoms with Crippen LogP contribution in [0.5, 0.6) is 5.75 Å². The lowest BCUT2D eigenvalue weighted by Gasteiger charge is -2.12. The minimum absolute atomic E-state index is 0.0422. The zero-order valence-corrected chi connectivity index (χ0v) is 18.0. The lowest BCUT2D eigenvalue weighted by atomic mass is 10.3. The van der Waals surface area contributed by atoms with E-state index in [2.05, 4.69) is 26.0 Å². The highest BCUT2D eigenvalue weighted by Gasteiger charge is 2.16. The standard InChI is InChI=1S/C19H17BrN2O4S2/c1-2-26-18-7-6-15(11-17(18)20)22-28(24,25)16-5-3-4-14(10-16)21-19(23)13-8-9-27-12-13/h3-12,22H,2H2,1H3,(H,21,23). The summed E-state index contributed by atoms with van der Waals surface area (Å²) in [6, 6.07) is 12.7. The van der Waals surface area contributed by atoms with E-state index in [0.717, 1.165) is 0 Å². The van der Waals surface area contributed by atoms with Gasteiger partial charge in [-0.2, -0.15) is 11.3 Å². The van der Waals surface area contributed by atoms with Crippen molar-refractivity contribution in [1.29, 1.82) is 0 Å². The molecule has 3 aromatic rings. The average Bonchev–Trinajstić information content (AvgIpc) is 3.19. The van der Waals surface area contributed by atoms with Crippen molar-refractivity contribution in [3.8, 4) is 5.75 Å². The number of benzene rings is 2. The van der Waals surface area contributed by atoms with E-state index in [0.29, 0.717) is 33.8 Å². The van der Waals surface area contributed by atoms with Crippen LogP contribution >= 0.6 is 27.3 Å². The SMILES string of the molecule is CCOc1ccc(NS(=O)(=O)c2cccc(NC(=O)c3ccsc3)c2)cc1Br. The van der Waals surface area contributed by atoms with Crippen LogP contribution in [-0.4, -0.2) is 20.9 Å². The molecule has 28 heavy (non-hydrogen) atoms. The number of nitrogens with one attached hydrogen (secondary N) is 2. The summed E-state index contributed by atoms with van der Waals surface area (Å²) in [5.41, 5.74) is 1.31. The zero-order valence-electron chi connectivity index (χ0n) is 14.8. The minimum atomic E-state index is -3.83. The highest BCUT2D eigenvalue weighted by molar-refractivity contribution is 9.10. The highest BCUT2D eigenvalue weighted by Crippen LogP contribution is 2.29. The molecule has 146 valence electrons. The van der Waals surface area contributed by atoms with Crippen molar-refractivity contribution >= 4 is 54.6 Å². The Hall–Kier alpha value is -2.36. The van der Waals surface area contributed by atoms with Crippen LogP contribution in [0.2, 0.25) is 0 Å². The smallest absolute Gasteiger partial charge is 0.261 e. The molecule has 0 atom stereocenters. The largest absolute Gasteiger partial charge is 0.493 e. The molecule has 2 aromatic carbocycles. The maximum absolute atomic E-state index is 12.7. The normalized spacial score (nSPS) is 11.1. The van der Waals surface area contributed by atoms with E-state index in [1.165, 1.54) is 23.5 Å². The molecule has 0 aliphatic rings. The molecule has 1 amide bonds. The number of amides is 1. The minimum Gasteiger partial charge on any atom is -0.493 e. The Bertz CT molecular complexity index is 1080. The number of sulfonamides is 1. The van der Waals surface area contributed by atoms with Crippen LogP contribution in [0, 0.1) is 0 Å². The third-order valence-electron chi connectivity index (χ3n) is 3.67. The summed E-state index contributed by atoms with van der Waals surface area (Å²) in [5, 5.41) is 6.23. The lowest BCUT2D eigenvalue weighted by molar-refractivity contribution is 0.102. The Morgan fingerprint density at radius 1 is 1.14 bits per heavy atom. The van der Waals surface area contributed by atoms with E-state index < -0.39 is 10.0 Å². The number of thiophene rings is 1. The molecule has 1 heterocycles. The number of carbonyl (C=O) groups is 1. The molecule has 2 N–H and O–H groups in total. The lowest BCUT2D eigenvalue weighted by Crippen LogP contribution is -2.15. The van der Waals surface area contributed by atoms with Crippen molar-refractivity contribution in [2.45, 2.75) is 11.8 Å². The van der Waals surface area contributed by atoms with Crippen molar-refractivity contribution < 1.29 is 17.9 Å². The van der Waals surface area contributed by atoms with Crippen molar-refractivity contribution in [3.05, 3.63) is 69.3 Å². The van der Waals surface area contributed by atoms with Gasteiger partial charge in [-0.25, -0.2) is 8.42 Å². The van der Waals surface area contributed by atoms with Gasteiger partial charge >= 0.3 is 0 Å². The second kappa shape index (κ2) is 8.76. The number of hydrogen-bond donors (Lipinski definition) is 2. The quantitative estimate of drug-likeness (QED) is 0.500. The second-order valence-electron chi connectivity index (χ2n) is 5.68. The van der Waals surface area contributed by atoms with Crippen molar-refractivity contribution in [2.24, 2.45) is 0 Å². The molecule has 0 unspecified atom stereocenters. The fourth-order valence-electron chi connectivity index (χ4n) is 2.39. The van der Waals surface area contributed by atoms with Gasteiger partial charge in [0.2, 0.25) is 0 Å². The van der Waals surface area contributed by atoms with Gasteiger partial charge in [-0.15, -0.1) is 0 Å². The Kier molecular flexibility index (Phi) is 6.38. The third kappa shape index (κ3) is 4.92. The molecular weight excluding hydrogens is 464 g/mol. The van der Waals surface area contributed by atoms with Crippen LogP contribution in [0.4, 0.5) is 11.4 Å². The average molecular weight is 481 g/mol. The molecule has 0 aliphatic heterocycles.